The van der Waals surface area contributed by atoms with Crippen LogP contribution in [0, 0.1) is 0 Å². The van der Waals surface area contributed by atoms with Crippen LogP contribution < -0.4 is 9.62 Å². The molecule has 3 rings (SSSR count). The molecule has 0 spiro atoms. The summed E-state index contributed by atoms with van der Waals surface area (Å²) < 4.78 is 26.7. The first kappa shape index (κ1) is 31.7. The normalized spacial score (nSPS) is 12.8. The summed E-state index contributed by atoms with van der Waals surface area (Å²) in [4.78, 5) is 29.2. The molecule has 3 aromatic carbocycles. The van der Waals surface area contributed by atoms with Gasteiger partial charge in [0.15, 0.2) is 0 Å². The Morgan fingerprint density at radius 2 is 1.52 bits per heavy atom. The fraction of sp³-hybridized carbons (Fsp3) is 0.310. The van der Waals surface area contributed by atoms with E-state index in [9.17, 15) is 18.0 Å². The number of sulfonamides is 1. The summed E-state index contributed by atoms with van der Waals surface area (Å²) in [5, 5.41) is 3.53. The fourth-order valence-electron chi connectivity index (χ4n) is 4.08. The van der Waals surface area contributed by atoms with Crippen molar-refractivity contribution in [1.29, 1.82) is 0 Å². The van der Waals surface area contributed by atoms with Gasteiger partial charge in [0.1, 0.15) is 12.6 Å². The van der Waals surface area contributed by atoms with Crippen molar-refractivity contribution in [2.75, 3.05) is 17.1 Å². The summed E-state index contributed by atoms with van der Waals surface area (Å²) >= 11 is 19.0. The van der Waals surface area contributed by atoms with Gasteiger partial charge in [-0.15, -0.1) is 0 Å². The van der Waals surface area contributed by atoms with Gasteiger partial charge in [0.25, 0.3) is 0 Å². The van der Waals surface area contributed by atoms with Crippen LogP contribution in [0.4, 0.5) is 5.69 Å². The zero-order valence-electron chi connectivity index (χ0n) is 22.5. The Hall–Kier alpha value is -2.78. The van der Waals surface area contributed by atoms with E-state index >= 15 is 0 Å². The highest BCUT2D eigenvalue weighted by atomic mass is 35.5. The van der Waals surface area contributed by atoms with Crippen LogP contribution in [0.25, 0.3) is 0 Å². The van der Waals surface area contributed by atoms with Crippen LogP contribution in [0.15, 0.2) is 72.8 Å². The van der Waals surface area contributed by atoms with Crippen molar-refractivity contribution in [3.8, 4) is 0 Å². The summed E-state index contributed by atoms with van der Waals surface area (Å²) in [5.41, 5.74) is 1.51. The molecular formula is C29H32Cl3N3O4S. The lowest BCUT2D eigenvalue weighted by atomic mass is 10.0. The van der Waals surface area contributed by atoms with Gasteiger partial charge in [0, 0.05) is 24.0 Å². The third-order valence-electron chi connectivity index (χ3n) is 6.45. The third-order valence-corrected chi connectivity index (χ3v) is 8.75. The van der Waals surface area contributed by atoms with Crippen molar-refractivity contribution >= 4 is 62.3 Å². The fourth-order valence-corrected chi connectivity index (χ4v) is 5.58. The molecule has 214 valence electrons. The molecule has 0 heterocycles. The maximum absolute atomic E-state index is 14.1. The number of hydrogen-bond donors (Lipinski definition) is 1. The molecule has 7 nitrogen and oxygen atoms in total. The Kier molecular flexibility index (Phi) is 11.3. The molecule has 40 heavy (non-hydrogen) atoms. The van der Waals surface area contributed by atoms with Crippen molar-refractivity contribution in [1.82, 2.24) is 10.2 Å². The average molecular weight is 625 g/mol. The summed E-state index contributed by atoms with van der Waals surface area (Å²) in [5.74, 6) is -0.966. The number of nitrogens with one attached hydrogen (secondary N) is 1. The van der Waals surface area contributed by atoms with E-state index < -0.39 is 28.5 Å². The van der Waals surface area contributed by atoms with Crippen molar-refractivity contribution in [2.24, 2.45) is 0 Å². The van der Waals surface area contributed by atoms with Crippen LogP contribution in [-0.2, 0) is 32.6 Å². The zero-order chi connectivity index (χ0) is 29.4. The lowest BCUT2D eigenvalue weighted by Crippen LogP contribution is -2.54. The van der Waals surface area contributed by atoms with Gasteiger partial charge in [-0.25, -0.2) is 8.42 Å². The van der Waals surface area contributed by atoms with Crippen LogP contribution in [0.2, 0.25) is 15.1 Å². The van der Waals surface area contributed by atoms with Gasteiger partial charge in [0.2, 0.25) is 21.8 Å². The highest BCUT2D eigenvalue weighted by Gasteiger charge is 2.34. The van der Waals surface area contributed by atoms with Crippen LogP contribution in [0.3, 0.4) is 0 Å². The molecule has 0 aromatic heterocycles. The molecule has 11 heteroatoms. The summed E-state index contributed by atoms with van der Waals surface area (Å²) in [6.45, 7) is 3.20. The number of amides is 2. The number of halogens is 3. The van der Waals surface area contributed by atoms with E-state index in [0.29, 0.717) is 17.0 Å². The second-order valence-corrected chi connectivity index (χ2v) is 12.6. The summed E-state index contributed by atoms with van der Waals surface area (Å²) in [6.07, 6.45) is 1.88. The van der Waals surface area contributed by atoms with E-state index in [-0.39, 0.29) is 40.6 Å². The van der Waals surface area contributed by atoms with Gasteiger partial charge >= 0.3 is 0 Å². The average Bonchev–Trinajstić information content (AvgIpc) is 2.91. The predicted molar refractivity (Wildman–Crippen MR) is 162 cm³/mol. The molecule has 0 aliphatic carbocycles. The van der Waals surface area contributed by atoms with Crippen molar-refractivity contribution in [2.45, 2.75) is 45.3 Å². The number of anilines is 1. The number of rotatable bonds is 12. The third kappa shape index (κ3) is 8.36. The Morgan fingerprint density at radius 3 is 2.15 bits per heavy atom. The van der Waals surface area contributed by atoms with E-state index in [1.54, 1.807) is 30.3 Å². The number of carbonyl (C=O) groups excluding carboxylic acids is 2. The number of hydrogen-bond acceptors (Lipinski definition) is 4. The first-order valence-electron chi connectivity index (χ1n) is 12.7. The molecule has 2 amide bonds. The Morgan fingerprint density at radius 1 is 0.900 bits per heavy atom. The first-order chi connectivity index (χ1) is 18.9. The summed E-state index contributed by atoms with van der Waals surface area (Å²) in [7, 11) is -3.98. The number of carbonyl (C=O) groups is 2. The van der Waals surface area contributed by atoms with Crippen LogP contribution in [0.5, 0.6) is 0 Å². The van der Waals surface area contributed by atoms with E-state index in [1.165, 1.54) is 17.0 Å². The topological polar surface area (TPSA) is 86.8 Å². The quantitative estimate of drug-likeness (QED) is 0.269. The predicted octanol–water partition coefficient (Wildman–Crippen LogP) is 5.97. The maximum atomic E-state index is 14.1. The SMILES string of the molecule is CC[C@H](C)NC(=O)[C@H](Cc1ccccc1)N(Cc1ccccc1Cl)C(=O)CN(c1cccc(Cl)c1Cl)S(C)(=O)=O. The van der Waals surface area contributed by atoms with Gasteiger partial charge in [-0.3, -0.25) is 13.9 Å². The number of nitrogens with zero attached hydrogens (tertiary/aromatic N) is 2. The van der Waals surface area contributed by atoms with Crippen molar-refractivity contribution in [3.63, 3.8) is 0 Å². The van der Waals surface area contributed by atoms with Crippen LogP contribution >= 0.6 is 34.8 Å². The van der Waals surface area contributed by atoms with Crippen molar-refractivity contribution < 1.29 is 18.0 Å². The second-order valence-electron chi connectivity index (χ2n) is 9.48. The van der Waals surface area contributed by atoms with Crippen molar-refractivity contribution in [3.05, 3.63) is 99.0 Å². The standard InChI is InChI=1S/C29H32Cl3N3O4S/c1-4-20(2)33-29(37)26(17-21-11-6-5-7-12-21)34(18-22-13-8-9-14-23(22)30)27(36)19-35(40(3,38)39)25-16-10-15-24(31)28(25)32/h5-16,20,26H,4,17-19H2,1-3H3,(H,33,37)/t20-,26-/m0/s1. The zero-order valence-corrected chi connectivity index (χ0v) is 25.6. The minimum Gasteiger partial charge on any atom is -0.352 e. The molecule has 0 unspecified atom stereocenters. The molecule has 0 aliphatic heterocycles. The molecule has 2 atom stereocenters. The highest BCUT2D eigenvalue weighted by molar-refractivity contribution is 7.92. The highest BCUT2D eigenvalue weighted by Crippen LogP contribution is 2.34. The molecule has 3 aromatic rings. The molecule has 0 bridgehead atoms. The van der Waals surface area contributed by atoms with E-state index in [2.05, 4.69) is 5.32 Å². The Bertz CT molecular complexity index is 1440. The van der Waals surface area contributed by atoms with Gasteiger partial charge in [0.05, 0.1) is 22.0 Å². The van der Waals surface area contributed by atoms with Crippen LogP contribution in [-0.4, -0.2) is 50.0 Å². The second kappa shape index (κ2) is 14.2. The smallest absolute Gasteiger partial charge is 0.244 e. The molecule has 0 fully saturated rings. The van der Waals surface area contributed by atoms with Crippen LogP contribution in [0.1, 0.15) is 31.4 Å². The van der Waals surface area contributed by atoms with E-state index in [1.807, 2.05) is 44.2 Å². The summed E-state index contributed by atoms with van der Waals surface area (Å²) in [6, 6.07) is 19.8. The largest absolute Gasteiger partial charge is 0.352 e. The van der Waals surface area contributed by atoms with Gasteiger partial charge in [-0.05, 0) is 42.7 Å². The lowest BCUT2D eigenvalue weighted by Gasteiger charge is -2.34. The molecular weight excluding hydrogens is 593 g/mol. The molecule has 0 saturated heterocycles. The molecule has 0 saturated carbocycles. The van der Waals surface area contributed by atoms with Gasteiger partial charge in [-0.2, -0.15) is 0 Å². The van der Waals surface area contributed by atoms with Gasteiger partial charge < -0.3 is 10.2 Å². The van der Waals surface area contributed by atoms with E-state index in [4.69, 9.17) is 34.8 Å². The molecule has 0 radical (unpaired) electrons. The first-order valence-corrected chi connectivity index (χ1v) is 15.7. The minimum absolute atomic E-state index is 0.00426. The Balaban J connectivity index is 2.10. The van der Waals surface area contributed by atoms with Gasteiger partial charge in [-0.1, -0.05) is 96.3 Å². The lowest BCUT2D eigenvalue weighted by molar-refractivity contribution is -0.140. The maximum Gasteiger partial charge on any atom is 0.244 e. The molecule has 0 aliphatic rings. The minimum atomic E-state index is -3.98. The monoisotopic (exact) mass is 623 g/mol. The van der Waals surface area contributed by atoms with E-state index in [0.717, 1.165) is 16.1 Å². The molecule has 1 N–H and O–H groups in total. The number of benzene rings is 3. The Labute approximate surface area is 251 Å².